The monoisotopic (exact) mass is 307 g/mol. The number of hydrogen-bond acceptors (Lipinski definition) is 4. The number of amides is 1. The summed E-state index contributed by atoms with van der Waals surface area (Å²) in [6.07, 6.45) is 0. The summed E-state index contributed by atoms with van der Waals surface area (Å²) in [5.41, 5.74) is 4.69. The van der Waals surface area contributed by atoms with Crippen molar-refractivity contribution >= 4 is 21.6 Å². The van der Waals surface area contributed by atoms with E-state index < -0.39 is 44.7 Å². The van der Waals surface area contributed by atoms with E-state index in [9.17, 15) is 22.0 Å². The number of anilines is 1. The first-order valence-corrected chi connectivity index (χ1v) is 7.15. The number of benzene rings is 1. The van der Waals surface area contributed by atoms with Crippen LogP contribution in [0.4, 0.5) is 14.5 Å². The molecule has 0 fully saturated rings. The van der Waals surface area contributed by atoms with Crippen LogP contribution in [0.2, 0.25) is 0 Å². The van der Waals surface area contributed by atoms with Crippen molar-refractivity contribution in [1.82, 2.24) is 10.0 Å². The van der Waals surface area contributed by atoms with Crippen LogP contribution in [0.3, 0.4) is 0 Å². The van der Waals surface area contributed by atoms with Gasteiger partial charge in [-0.25, -0.2) is 21.9 Å². The summed E-state index contributed by atoms with van der Waals surface area (Å²) in [4.78, 5) is 10.5. The third-order valence-corrected chi connectivity index (χ3v) is 3.63. The van der Waals surface area contributed by atoms with E-state index in [0.717, 1.165) is 0 Å². The van der Waals surface area contributed by atoms with Crippen LogP contribution in [0.15, 0.2) is 17.0 Å². The lowest BCUT2D eigenvalue weighted by Crippen LogP contribution is -2.40. The number of rotatable bonds is 5. The minimum absolute atomic E-state index is 0.162. The fraction of sp³-hybridized carbons (Fsp3) is 0.364. The summed E-state index contributed by atoms with van der Waals surface area (Å²) < 4.78 is 51.9. The van der Waals surface area contributed by atoms with Crippen LogP contribution >= 0.6 is 0 Å². The quantitative estimate of drug-likeness (QED) is 0.683. The van der Waals surface area contributed by atoms with E-state index in [4.69, 9.17) is 5.73 Å². The van der Waals surface area contributed by atoms with E-state index in [1.807, 2.05) is 4.72 Å². The summed E-state index contributed by atoms with van der Waals surface area (Å²) in [5.74, 6) is -2.91. The molecule has 0 spiro atoms. The SMILES string of the molecule is CC(C)NC(=O)CNS(=O)(=O)c1cc(N)c(F)cc1F. The average molecular weight is 307 g/mol. The van der Waals surface area contributed by atoms with E-state index in [0.29, 0.717) is 12.1 Å². The fourth-order valence-electron chi connectivity index (χ4n) is 1.36. The van der Waals surface area contributed by atoms with Crippen molar-refractivity contribution in [3.8, 4) is 0 Å². The van der Waals surface area contributed by atoms with Gasteiger partial charge in [0.1, 0.15) is 16.5 Å². The normalized spacial score (nSPS) is 11.7. The van der Waals surface area contributed by atoms with Gasteiger partial charge in [-0.15, -0.1) is 0 Å². The van der Waals surface area contributed by atoms with Crippen LogP contribution in [0.25, 0.3) is 0 Å². The van der Waals surface area contributed by atoms with E-state index in [2.05, 4.69) is 5.32 Å². The molecule has 20 heavy (non-hydrogen) atoms. The molecule has 1 aromatic carbocycles. The Bertz CT molecular complexity index is 618. The number of sulfonamides is 1. The molecule has 0 aliphatic rings. The maximum absolute atomic E-state index is 13.4. The molecule has 1 aromatic rings. The Morgan fingerprint density at radius 3 is 2.45 bits per heavy atom. The highest BCUT2D eigenvalue weighted by molar-refractivity contribution is 7.89. The Hall–Kier alpha value is -1.74. The van der Waals surface area contributed by atoms with Crippen LogP contribution < -0.4 is 15.8 Å². The molecule has 0 radical (unpaired) electrons. The predicted molar refractivity (Wildman–Crippen MR) is 69.2 cm³/mol. The van der Waals surface area contributed by atoms with Gasteiger partial charge < -0.3 is 11.1 Å². The second-order valence-electron chi connectivity index (χ2n) is 4.35. The molecule has 1 rings (SSSR count). The standard InChI is InChI=1S/C11H15F2N3O3S/c1-6(2)16-11(17)5-15-20(18,19)10-4-9(14)7(12)3-8(10)13/h3-4,6,15H,5,14H2,1-2H3,(H,16,17). The first-order valence-electron chi connectivity index (χ1n) is 5.67. The van der Waals surface area contributed by atoms with Crippen LogP contribution in [-0.4, -0.2) is 26.9 Å². The summed E-state index contributed by atoms with van der Waals surface area (Å²) >= 11 is 0. The van der Waals surface area contributed by atoms with Gasteiger partial charge in [0.25, 0.3) is 0 Å². The Morgan fingerprint density at radius 2 is 1.90 bits per heavy atom. The summed E-state index contributed by atoms with van der Waals surface area (Å²) in [5, 5.41) is 2.46. The molecule has 0 aromatic heterocycles. The highest BCUT2D eigenvalue weighted by Crippen LogP contribution is 2.20. The molecule has 0 saturated heterocycles. The number of nitrogen functional groups attached to an aromatic ring is 1. The fourth-order valence-corrected chi connectivity index (χ4v) is 2.44. The van der Waals surface area contributed by atoms with Crippen LogP contribution in [0.1, 0.15) is 13.8 Å². The second-order valence-corrected chi connectivity index (χ2v) is 6.09. The molecular weight excluding hydrogens is 292 g/mol. The third kappa shape index (κ3) is 4.14. The smallest absolute Gasteiger partial charge is 0.244 e. The highest BCUT2D eigenvalue weighted by atomic mass is 32.2. The van der Waals surface area contributed by atoms with Crippen molar-refractivity contribution in [1.29, 1.82) is 0 Å². The molecule has 0 atom stereocenters. The molecular formula is C11H15F2N3O3S. The van der Waals surface area contributed by atoms with Crippen molar-refractivity contribution in [3.05, 3.63) is 23.8 Å². The number of halogens is 2. The minimum Gasteiger partial charge on any atom is -0.396 e. The van der Waals surface area contributed by atoms with Gasteiger partial charge in [0, 0.05) is 12.1 Å². The lowest BCUT2D eigenvalue weighted by Gasteiger charge is -2.11. The van der Waals surface area contributed by atoms with Gasteiger partial charge in [0.05, 0.1) is 12.2 Å². The average Bonchev–Trinajstić information content (AvgIpc) is 2.30. The van der Waals surface area contributed by atoms with Crippen molar-refractivity contribution in [2.75, 3.05) is 12.3 Å². The minimum atomic E-state index is -4.29. The zero-order chi connectivity index (χ0) is 15.5. The lowest BCUT2D eigenvalue weighted by atomic mass is 10.3. The maximum Gasteiger partial charge on any atom is 0.244 e. The summed E-state index contributed by atoms with van der Waals surface area (Å²) in [6.45, 7) is 2.84. The largest absolute Gasteiger partial charge is 0.396 e. The Labute approximate surface area is 115 Å². The maximum atomic E-state index is 13.4. The molecule has 0 aliphatic carbocycles. The first kappa shape index (κ1) is 16.3. The number of carbonyl (C=O) groups is 1. The molecule has 9 heteroatoms. The van der Waals surface area contributed by atoms with E-state index >= 15 is 0 Å². The van der Waals surface area contributed by atoms with Gasteiger partial charge in [0.2, 0.25) is 15.9 Å². The van der Waals surface area contributed by atoms with E-state index in [-0.39, 0.29) is 6.04 Å². The molecule has 1 amide bonds. The van der Waals surface area contributed by atoms with Crippen molar-refractivity contribution in [2.24, 2.45) is 0 Å². The van der Waals surface area contributed by atoms with Gasteiger partial charge >= 0.3 is 0 Å². The molecule has 0 aliphatic heterocycles. The molecule has 0 heterocycles. The van der Waals surface area contributed by atoms with Crippen LogP contribution in [-0.2, 0) is 14.8 Å². The van der Waals surface area contributed by atoms with Crippen molar-refractivity contribution in [2.45, 2.75) is 24.8 Å². The first-order chi connectivity index (χ1) is 9.13. The Balaban J connectivity index is 2.90. The van der Waals surface area contributed by atoms with Gasteiger partial charge in [-0.3, -0.25) is 4.79 Å². The summed E-state index contributed by atoms with van der Waals surface area (Å²) in [6, 6.07) is 0.871. The lowest BCUT2D eigenvalue weighted by molar-refractivity contribution is -0.120. The van der Waals surface area contributed by atoms with E-state index in [1.165, 1.54) is 0 Å². The van der Waals surface area contributed by atoms with Crippen LogP contribution in [0.5, 0.6) is 0 Å². The van der Waals surface area contributed by atoms with Crippen LogP contribution in [0, 0.1) is 11.6 Å². The molecule has 4 N–H and O–H groups in total. The van der Waals surface area contributed by atoms with Gasteiger partial charge in [-0.1, -0.05) is 0 Å². The zero-order valence-electron chi connectivity index (χ0n) is 10.9. The molecule has 6 nitrogen and oxygen atoms in total. The van der Waals surface area contributed by atoms with Gasteiger partial charge in [-0.2, -0.15) is 0 Å². The second kappa shape index (κ2) is 6.14. The van der Waals surface area contributed by atoms with Gasteiger partial charge in [-0.05, 0) is 19.9 Å². The number of carbonyl (C=O) groups excluding carboxylic acids is 1. The molecule has 112 valence electrons. The topological polar surface area (TPSA) is 101 Å². The van der Waals surface area contributed by atoms with Crippen molar-refractivity contribution < 1.29 is 22.0 Å². The highest BCUT2D eigenvalue weighted by Gasteiger charge is 2.22. The zero-order valence-corrected chi connectivity index (χ0v) is 11.7. The number of nitrogens with two attached hydrogens (primary N) is 1. The number of hydrogen-bond donors (Lipinski definition) is 3. The third-order valence-electron chi connectivity index (χ3n) is 2.21. The molecule has 0 unspecified atom stereocenters. The Morgan fingerprint density at radius 1 is 1.30 bits per heavy atom. The summed E-state index contributed by atoms with van der Waals surface area (Å²) in [7, 11) is -4.29. The number of nitrogens with one attached hydrogen (secondary N) is 2. The molecule has 0 saturated carbocycles. The van der Waals surface area contributed by atoms with E-state index in [1.54, 1.807) is 13.8 Å². The Kier molecular flexibility index (Phi) is 5.01. The molecule has 0 bridgehead atoms. The van der Waals surface area contributed by atoms with Gasteiger partial charge in [0.15, 0.2) is 0 Å². The predicted octanol–water partition coefficient (Wildman–Crippen LogP) is 0.350. The van der Waals surface area contributed by atoms with Crippen molar-refractivity contribution in [3.63, 3.8) is 0 Å².